The third-order valence-corrected chi connectivity index (χ3v) is 10.9. The lowest BCUT2D eigenvalue weighted by Gasteiger charge is -2.35. The second kappa shape index (κ2) is 14.7. The second-order valence-electron chi connectivity index (χ2n) is 12.6. The van der Waals surface area contributed by atoms with Crippen molar-refractivity contribution in [2.75, 3.05) is 64.7 Å². The normalized spacial score (nSPS) is 20.5. The van der Waals surface area contributed by atoms with E-state index in [1.807, 2.05) is 18.9 Å². The lowest BCUT2D eigenvalue weighted by Crippen LogP contribution is -2.49. The summed E-state index contributed by atoms with van der Waals surface area (Å²) in [6.45, 7) is 15.3. The van der Waals surface area contributed by atoms with Crippen molar-refractivity contribution in [2.45, 2.75) is 44.0 Å². The van der Waals surface area contributed by atoms with Gasteiger partial charge in [0.05, 0.1) is 52.7 Å². The largest absolute Gasteiger partial charge is 0.462 e. The quantitative estimate of drug-likeness (QED) is 0.156. The average Bonchev–Trinajstić information content (AvgIpc) is 3.82. The number of fused-ring (bicyclic) bond motifs is 2. The number of benzene rings is 2. The molecule has 2 aliphatic rings. The summed E-state index contributed by atoms with van der Waals surface area (Å²) in [5.74, 6) is -1.39. The summed E-state index contributed by atoms with van der Waals surface area (Å²) < 4.78 is 49.7. The van der Waals surface area contributed by atoms with Gasteiger partial charge < -0.3 is 29.7 Å². The third-order valence-electron chi connectivity index (χ3n) is 9.89. The van der Waals surface area contributed by atoms with Gasteiger partial charge in [0.1, 0.15) is 23.8 Å². The standard InChI is InChI=1S/C36H38F2N8O4S/c1-7-27(47)46-12-11-25(26(46)18-48-5)45(8-2)35-23-13-19(15-39)28(22-9-10-24(37)33-29(22)32(41-3)34(40)51-33)30(38)31(23)42-36(43-35)50-17-20-14-21(49-6)16-44(20)4/h7,9-10,13,20-21,25-26H,1,8,11-12,14,16-18,40H2,2,4-6H3. The molecule has 4 atom stereocenters. The van der Waals surface area contributed by atoms with Crippen molar-refractivity contribution in [2.24, 2.45) is 0 Å². The molecular formula is C36H38F2N8O4S. The van der Waals surface area contributed by atoms with Gasteiger partial charge in [0, 0.05) is 56.2 Å². The zero-order chi connectivity index (χ0) is 36.6. The Hall–Kier alpha value is -4.93. The molecule has 4 aromatic rings. The third kappa shape index (κ3) is 6.31. The fourth-order valence-electron chi connectivity index (χ4n) is 7.39. The molecule has 4 unspecified atom stereocenters. The summed E-state index contributed by atoms with van der Waals surface area (Å²) in [6.07, 6.45) is 2.59. The van der Waals surface area contributed by atoms with E-state index in [1.54, 1.807) is 19.1 Å². The maximum atomic E-state index is 17.3. The summed E-state index contributed by atoms with van der Waals surface area (Å²) in [5.41, 5.74) is 5.89. The summed E-state index contributed by atoms with van der Waals surface area (Å²) in [7, 11) is 5.20. The Morgan fingerprint density at radius 3 is 2.75 bits per heavy atom. The average molecular weight is 717 g/mol. The van der Waals surface area contributed by atoms with Gasteiger partial charge in [0.15, 0.2) is 5.82 Å². The van der Waals surface area contributed by atoms with Crippen LogP contribution in [0, 0.1) is 29.5 Å². The molecule has 1 amide bonds. The van der Waals surface area contributed by atoms with E-state index >= 15 is 8.78 Å². The SMILES string of the molecule is [C-]#[N+]c1c(N)sc2c(F)ccc(-c3c(C#N)cc4c(N(CC)C5CCN(C(=O)C=C)C5COC)nc(OCC5CC(OC)CN5C)nc4c3F)c12. The molecule has 2 N–H and O–H groups in total. The van der Waals surface area contributed by atoms with Crippen molar-refractivity contribution in [1.82, 2.24) is 19.8 Å². The molecule has 0 saturated carbocycles. The molecule has 2 aromatic heterocycles. The molecule has 15 heteroatoms. The fraction of sp³-hybridized carbons (Fsp3) is 0.417. The van der Waals surface area contributed by atoms with Crippen LogP contribution in [-0.2, 0) is 14.3 Å². The number of anilines is 2. The molecule has 2 fully saturated rings. The van der Waals surface area contributed by atoms with E-state index in [2.05, 4.69) is 27.4 Å². The van der Waals surface area contributed by atoms with E-state index in [1.165, 1.54) is 24.3 Å². The van der Waals surface area contributed by atoms with Crippen LogP contribution in [0.15, 0.2) is 30.9 Å². The van der Waals surface area contributed by atoms with Crippen molar-refractivity contribution < 1.29 is 27.8 Å². The molecule has 0 radical (unpaired) electrons. The van der Waals surface area contributed by atoms with Crippen LogP contribution in [-0.4, -0.2) is 104 Å². The Bertz CT molecular complexity index is 2100. The Balaban J connectivity index is 1.56. The van der Waals surface area contributed by atoms with Crippen LogP contribution in [0.25, 0.3) is 37.0 Å². The predicted octanol–water partition coefficient (Wildman–Crippen LogP) is 5.52. The Morgan fingerprint density at radius 1 is 1.31 bits per heavy atom. The van der Waals surface area contributed by atoms with Gasteiger partial charge in [0.25, 0.3) is 0 Å². The summed E-state index contributed by atoms with van der Waals surface area (Å²) in [6, 6.07) is 5.38. The topological polar surface area (TPSA) is 134 Å². The number of thiophene rings is 1. The van der Waals surface area contributed by atoms with Crippen LogP contribution in [0.1, 0.15) is 25.3 Å². The number of nitrogens with zero attached hydrogens (tertiary/aromatic N) is 7. The first-order chi connectivity index (χ1) is 24.6. The number of nitriles is 1. The maximum Gasteiger partial charge on any atom is 0.319 e. The van der Waals surface area contributed by atoms with Gasteiger partial charge in [0.2, 0.25) is 11.6 Å². The van der Waals surface area contributed by atoms with E-state index in [4.69, 9.17) is 31.5 Å². The van der Waals surface area contributed by atoms with Gasteiger partial charge in [-0.3, -0.25) is 9.69 Å². The number of nitrogens with two attached hydrogens (primary N) is 1. The van der Waals surface area contributed by atoms with Crippen molar-refractivity contribution in [3.63, 3.8) is 0 Å². The molecule has 0 spiro atoms. The number of rotatable bonds is 11. The first-order valence-electron chi connectivity index (χ1n) is 16.5. The lowest BCUT2D eigenvalue weighted by atomic mass is 9.94. The number of likely N-dealkylation sites (N-methyl/N-ethyl adjacent to an activating group) is 2. The first kappa shape index (κ1) is 35.9. The van der Waals surface area contributed by atoms with Gasteiger partial charge in [-0.15, -0.1) is 11.3 Å². The predicted molar refractivity (Wildman–Crippen MR) is 192 cm³/mol. The lowest BCUT2D eigenvalue weighted by molar-refractivity contribution is -0.127. The molecule has 0 bridgehead atoms. The molecule has 6 rings (SSSR count). The first-order valence-corrected chi connectivity index (χ1v) is 17.3. The smallest absolute Gasteiger partial charge is 0.319 e. The minimum absolute atomic E-state index is 0.00988. The highest BCUT2D eigenvalue weighted by atomic mass is 32.1. The molecule has 266 valence electrons. The number of halogens is 2. The van der Waals surface area contributed by atoms with Crippen molar-refractivity contribution in [3.05, 3.63) is 59.5 Å². The number of amides is 1. The van der Waals surface area contributed by atoms with Gasteiger partial charge in [-0.05, 0) is 50.6 Å². The molecule has 2 aliphatic heterocycles. The van der Waals surface area contributed by atoms with Crippen molar-refractivity contribution >= 4 is 54.7 Å². The highest BCUT2D eigenvalue weighted by molar-refractivity contribution is 7.23. The van der Waals surface area contributed by atoms with E-state index in [-0.39, 0.29) is 97.7 Å². The zero-order valence-corrected chi connectivity index (χ0v) is 29.6. The molecular weight excluding hydrogens is 679 g/mol. The number of carbonyl (C=O) groups is 1. The maximum absolute atomic E-state index is 17.3. The molecule has 4 heterocycles. The van der Waals surface area contributed by atoms with Crippen LogP contribution in [0.3, 0.4) is 0 Å². The van der Waals surface area contributed by atoms with E-state index < -0.39 is 11.6 Å². The number of carbonyl (C=O) groups excluding carboxylic acids is 1. The number of nitrogen functional groups attached to an aromatic ring is 1. The molecule has 2 saturated heterocycles. The van der Waals surface area contributed by atoms with Gasteiger partial charge >= 0.3 is 6.01 Å². The van der Waals surface area contributed by atoms with Crippen LogP contribution < -0.4 is 15.4 Å². The number of aromatic nitrogens is 2. The fourth-order valence-corrected chi connectivity index (χ4v) is 8.33. The molecule has 12 nitrogen and oxygen atoms in total. The van der Waals surface area contributed by atoms with Crippen LogP contribution >= 0.6 is 11.3 Å². The number of ether oxygens (including phenoxy) is 3. The number of hydrogen-bond donors (Lipinski definition) is 1. The summed E-state index contributed by atoms with van der Waals surface area (Å²) in [5, 5.41) is 10.9. The second-order valence-corrected chi connectivity index (χ2v) is 13.6. The van der Waals surface area contributed by atoms with Gasteiger partial charge in [-0.2, -0.15) is 15.2 Å². The van der Waals surface area contributed by atoms with E-state index in [0.717, 1.165) is 24.3 Å². The number of methoxy groups -OCH3 is 2. The number of hydrogen-bond acceptors (Lipinski definition) is 11. The highest BCUT2D eigenvalue weighted by Gasteiger charge is 2.41. The highest BCUT2D eigenvalue weighted by Crippen LogP contribution is 2.48. The monoisotopic (exact) mass is 716 g/mol. The Morgan fingerprint density at radius 2 is 2.10 bits per heavy atom. The number of likely N-dealkylation sites (tertiary alicyclic amines) is 2. The van der Waals surface area contributed by atoms with Crippen LogP contribution in [0.4, 0.5) is 25.3 Å². The van der Waals surface area contributed by atoms with Crippen LogP contribution in [0.2, 0.25) is 0 Å². The summed E-state index contributed by atoms with van der Waals surface area (Å²) in [4.78, 5) is 31.6. The van der Waals surface area contributed by atoms with E-state index in [9.17, 15) is 10.1 Å². The molecule has 0 aliphatic carbocycles. The Labute approximate surface area is 298 Å². The summed E-state index contributed by atoms with van der Waals surface area (Å²) >= 11 is 0.890. The zero-order valence-electron chi connectivity index (χ0n) is 28.8. The van der Waals surface area contributed by atoms with Gasteiger partial charge in [-0.1, -0.05) is 12.6 Å². The molecule has 51 heavy (non-hydrogen) atoms. The van der Waals surface area contributed by atoms with Crippen molar-refractivity contribution in [1.29, 1.82) is 5.26 Å². The molecule has 2 aromatic carbocycles. The van der Waals surface area contributed by atoms with Gasteiger partial charge in [-0.25, -0.2) is 13.6 Å². The van der Waals surface area contributed by atoms with Crippen molar-refractivity contribution in [3.8, 4) is 23.2 Å². The van der Waals surface area contributed by atoms with E-state index in [0.29, 0.717) is 25.3 Å². The van der Waals surface area contributed by atoms with Crippen LogP contribution in [0.5, 0.6) is 6.01 Å². The Kier molecular flexibility index (Phi) is 10.4. The minimum Gasteiger partial charge on any atom is -0.462 e. The minimum atomic E-state index is -0.858.